The van der Waals surface area contributed by atoms with Gasteiger partial charge in [-0.15, -0.1) is 0 Å². The van der Waals surface area contributed by atoms with Gasteiger partial charge in [0.25, 0.3) is 11.6 Å². The Kier molecular flexibility index (Phi) is 5.57. The topological polar surface area (TPSA) is 118 Å². The molecule has 3 rings (SSSR count). The first-order valence-corrected chi connectivity index (χ1v) is 8.57. The van der Waals surface area contributed by atoms with Crippen LogP contribution in [0, 0.1) is 10.1 Å². The monoisotopic (exact) mass is 417 g/mol. The molecule has 8 nitrogen and oxygen atoms in total. The zero-order valence-electron chi connectivity index (χ0n) is 14.0. The summed E-state index contributed by atoms with van der Waals surface area (Å²) in [4.78, 5) is 22.6. The van der Waals surface area contributed by atoms with E-state index in [1.165, 1.54) is 48.5 Å². The minimum Gasteiger partial charge on any atom is -0.506 e. The number of hydrogen-bond donors (Lipinski definition) is 3. The molecule has 3 N–H and O–H groups in total. The van der Waals surface area contributed by atoms with Crippen molar-refractivity contribution in [3.8, 4) is 17.1 Å². The molecule has 1 heterocycles. The van der Waals surface area contributed by atoms with Gasteiger partial charge in [0.05, 0.1) is 10.6 Å². The first-order chi connectivity index (χ1) is 13.3. The summed E-state index contributed by atoms with van der Waals surface area (Å²) < 4.78 is 5.47. The Labute approximate surface area is 168 Å². The molecule has 28 heavy (non-hydrogen) atoms. The molecule has 0 atom stereocenters. The molecule has 3 aromatic rings. The number of furan rings is 1. The van der Waals surface area contributed by atoms with E-state index < -0.39 is 10.8 Å². The van der Waals surface area contributed by atoms with Gasteiger partial charge in [0.2, 0.25) is 0 Å². The third-order valence-electron chi connectivity index (χ3n) is 3.61. The smallest absolute Gasteiger partial charge is 0.293 e. The maximum absolute atomic E-state index is 12.3. The van der Waals surface area contributed by atoms with Crippen molar-refractivity contribution in [2.75, 3.05) is 5.32 Å². The summed E-state index contributed by atoms with van der Waals surface area (Å²) in [5, 5.41) is 26.0. The molecule has 2 aromatic carbocycles. The number of nitrogens with one attached hydrogen (secondary N) is 2. The number of nitro benzene ring substituents is 1. The van der Waals surface area contributed by atoms with E-state index in [-0.39, 0.29) is 28.0 Å². The molecule has 0 saturated heterocycles. The number of carbonyl (C=O) groups excluding carboxylic acids is 1. The summed E-state index contributed by atoms with van der Waals surface area (Å²) in [5.74, 6) is -0.469. The first kappa shape index (κ1) is 19.3. The van der Waals surface area contributed by atoms with E-state index in [4.69, 9.17) is 28.2 Å². The summed E-state index contributed by atoms with van der Waals surface area (Å²) in [6.45, 7) is 0. The average molecular weight is 418 g/mol. The lowest BCUT2D eigenvalue weighted by molar-refractivity contribution is -0.384. The van der Waals surface area contributed by atoms with Crippen molar-refractivity contribution in [1.29, 1.82) is 0 Å². The maximum Gasteiger partial charge on any atom is 0.293 e. The Balaban J connectivity index is 1.70. The van der Waals surface area contributed by atoms with Gasteiger partial charge in [-0.1, -0.05) is 23.7 Å². The number of non-ortho nitro benzene ring substituents is 1. The van der Waals surface area contributed by atoms with Crippen LogP contribution in [0.5, 0.6) is 5.75 Å². The minimum absolute atomic E-state index is 0.0408. The number of halogens is 1. The molecule has 1 amide bonds. The summed E-state index contributed by atoms with van der Waals surface area (Å²) in [6.07, 6.45) is 0. The fourth-order valence-electron chi connectivity index (χ4n) is 2.31. The molecular formula is C18H12ClN3O5S. The molecule has 0 radical (unpaired) electrons. The molecular weight excluding hydrogens is 406 g/mol. The van der Waals surface area contributed by atoms with Gasteiger partial charge in [-0.25, -0.2) is 0 Å². The standard InChI is InChI=1S/C18H12ClN3O5S/c19-11-4-5-14(23)13(9-11)20-18(28)21-17(24)16-7-6-15(27-16)10-2-1-3-12(8-10)22(25)26/h1-9,23H,(H2,20,21,24,28). The van der Waals surface area contributed by atoms with Gasteiger partial charge < -0.3 is 14.8 Å². The molecule has 1 aromatic heterocycles. The highest BCUT2D eigenvalue weighted by atomic mass is 35.5. The highest BCUT2D eigenvalue weighted by molar-refractivity contribution is 7.80. The van der Waals surface area contributed by atoms with E-state index in [0.717, 1.165) is 0 Å². The van der Waals surface area contributed by atoms with Crippen LogP contribution in [0.15, 0.2) is 59.0 Å². The van der Waals surface area contributed by atoms with Crippen LogP contribution in [0.25, 0.3) is 11.3 Å². The zero-order chi connectivity index (χ0) is 20.3. The number of hydrogen-bond acceptors (Lipinski definition) is 6. The third kappa shape index (κ3) is 4.45. The number of benzene rings is 2. The van der Waals surface area contributed by atoms with Crippen molar-refractivity contribution < 1.29 is 19.2 Å². The second-order valence-corrected chi connectivity index (χ2v) is 6.39. The summed E-state index contributed by atoms with van der Waals surface area (Å²) in [7, 11) is 0. The number of aromatic hydroxyl groups is 1. The van der Waals surface area contributed by atoms with Gasteiger partial charge >= 0.3 is 0 Å². The minimum atomic E-state index is -0.629. The third-order valence-corrected chi connectivity index (χ3v) is 4.04. The summed E-state index contributed by atoms with van der Waals surface area (Å²) in [6, 6.07) is 13.1. The second-order valence-electron chi connectivity index (χ2n) is 5.54. The molecule has 0 aliphatic rings. The van der Waals surface area contributed by atoms with E-state index in [1.807, 2.05) is 0 Å². The van der Waals surface area contributed by atoms with Crippen LogP contribution in [0.4, 0.5) is 11.4 Å². The van der Waals surface area contributed by atoms with Gasteiger partial charge in [-0.05, 0) is 42.5 Å². The maximum atomic E-state index is 12.3. The van der Waals surface area contributed by atoms with Crippen molar-refractivity contribution >= 4 is 46.2 Å². The summed E-state index contributed by atoms with van der Waals surface area (Å²) >= 11 is 10.9. The van der Waals surface area contributed by atoms with Crippen LogP contribution >= 0.6 is 23.8 Å². The van der Waals surface area contributed by atoms with Crippen LogP contribution < -0.4 is 10.6 Å². The number of anilines is 1. The molecule has 142 valence electrons. The van der Waals surface area contributed by atoms with Crippen LogP contribution in [-0.4, -0.2) is 21.0 Å². The van der Waals surface area contributed by atoms with E-state index in [1.54, 1.807) is 6.07 Å². The van der Waals surface area contributed by atoms with E-state index >= 15 is 0 Å². The Morgan fingerprint density at radius 3 is 2.71 bits per heavy atom. The van der Waals surface area contributed by atoms with Gasteiger partial charge in [0, 0.05) is 22.7 Å². The fourth-order valence-corrected chi connectivity index (χ4v) is 2.69. The SMILES string of the molecule is O=C(NC(=S)Nc1cc(Cl)ccc1O)c1ccc(-c2cccc([N+](=O)[O-])c2)o1. The van der Waals surface area contributed by atoms with Gasteiger partial charge in [0.15, 0.2) is 10.9 Å². The van der Waals surface area contributed by atoms with Crippen molar-refractivity contribution in [3.05, 3.63) is 75.5 Å². The number of phenols is 1. The molecule has 0 spiro atoms. The molecule has 0 fully saturated rings. The lowest BCUT2D eigenvalue weighted by Gasteiger charge is -2.10. The Morgan fingerprint density at radius 2 is 1.96 bits per heavy atom. The number of carbonyl (C=O) groups is 1. The molecule has 10 heteroatoms. The molecule has 0 bridgehead atoms. The quantitative estimate of drug-likeness (QED) is 0.250. The Morgan fingerprint density at radius 1 is 1.18 bits per heavy atom. The Hall–Kier alpha value is -3.43. The predicted octanol–water partition coefficient (Wildman–Crippen LogP) is 4.34. The van der Waals surface area contributed by atoms with Gasteiger partial charge in [-0.3, -0.25) is 20.2 Å². The lowest BCUT2D eigenvalue weighted by Crippen LogP contribution is -2.33. The van der Waals surface area contributed by atoms with Crippen molar-refractivity contribution in [2.45, 2.75) is 0 Å². The molecule has 0 aliphatic heterocycles. The number of nitro groups is 1. The van der Waals surface area contributed by atoms with Gasteiger partial charge in [0.1, 0.15) is 11.5 Å². The first-order valence-electron chi connectivity index (χ1n) is 7.79. The van der Waals surface area contributed by atoms with Gasteiger partial charge in [-0.2, -0.15) is 0 Å². The van der Waals surface area contributed by atoms with Crippen LogP contribution in [0.3, 0.4) is 0 Å². The van der Waals surface area contributed by atoms with Crippen LogP contribution in [0.2, 0.25) is 5.02 Å². The number of thiocarbonyl (C=S) groups is 1. The second kappa shape index (κ2) is 8.07. The molecule has 0 saturated carbocycles. The van der Waals surface area contributed by atoms with E-state index in [0.29, 0.717) is 16.3 Å². The number of nitrogens with zero attached hydrogens (tertiary/aromatic N) is 1. The normalized spacial score (nSPS) is 10.3. The van der Waals surface area contributed by atoms with Crippen molar-refractivity contribution in [2.24, 2.45) is 0 Å². The van der Waals surface area contributed by atoms with E-state index in [9.17, 15) is 20.0 Å². The highest BCUT2D eigenvalue weighted by Crippen LogP contribution is 2.27. The number of amides is 1. The molecule has 0 aliphatic carbocycles. The number of phenolic OH excluding ortho intramolecular Hbond substituents is 1. The highest BCUT2D eigenvalue weighted by Gasteiger charge is 2.16. The fraction of sp³-hybridized carbons (Fsp3) is 0. The van der Waals surface area contributed by atoms with Crippen molar-refractivity contribution in [3.63, 3.8) is 0 Å². The average Bonchev–Trinajstić information content (AvgIpc) is 3.15. The summed E-state index contributed by atoms with van der Waals surface area (Å²) in [5.41, 5.74) is 0.596. The van der Waals surface area contributed by atoms with Crippen LogP contribution in [-0.2, 0) is 0 Å². The lowest BCUT2D eigenvalue weighted by atomic mass is 10.1. The predicted molar refractivity (Wildman–Crippen MR) is 108 cm³/mol. The van der Waals surface area contributed by atoms with E-state index in [2.05, 4.69) is 10.6 Å². The molecule has 0 unspecified atom stereocenters. The Bertz CT molecular complexity index is 1080. The van der Waals surface area contributed by atoms with Crippen LogP contribution in [0.1, 0.15) is 10.6 Å². The van der Waals surface area contributed by atoms with Crippen molar-refractivity contribution in [1.82, 2.24) is 5.32 Å². The number of rotatable bonds is 4. The zero-order valence-corrected chi connectivity index (χ0v) is 15.6. The largest absolute Gasteiger partial charge is 0.506 e.